The Morgan fingerprint density at radius 1 is 0.184 bits per heavy atom. The molecule has 0 saturated heterocycles. The van der Waals surface area contributed by atoms with Crippen LogP contribution in [-0.2, 0) is 42.6 Å². The lowest BCUT2D eigenvalue weighted by Crippen LogP contribution is -2.15. The Morgan fingerprint density at radius 2 is 0.264 bits per heavy atom. The highest BCUT2D eigenvalue weighted by atomic mass is 28.2. The van der Waals surface area contributed by atoms with Gasteiger partial charge in [-0.1, -0.05) is 356 Å². The molecule has 0 amide bonds. The molecule has 0 N–H and O–H groups in total. The van der Waals surface area contributed by atoms with E-state index < -0.39 is 0 Å². The number of methoxy groups -OCH3 is 9. The number of benzene rings is 11. The van der Waals surface area contributed by atoms with Crippen LogP contribution in [0.2, 0.25) is 43.3 Å². The molecule has 0 fully saturated rings. The zero-order chi connectivity index (χ0) is 97.9. The predicted molar refractivity (Wildman–Crippen MR) is 598 cm³/mol. The summed E-state index contributed by atoms with van der Waals surface area (Å²) < 4.78 is 44.2. The van der Waals surface area contributed by atoms with Crippen molar-refractivity contribution in [3.63, 3.8) is 0 Å². The summed E-state index contributed by atoms with van der Waals surface area (Å²) >= 11 is 0. The van der Waals surface area contributed by atoms with Crippen molar-refractivity contribution in [2.75, 3.05) is 77.2 Å². The molecule has 0 bridgehead atoms. The maximum Gasteiger partial charge on any atom is 0.0594 e. The molecule has 0 radical (unpaired) electrons. The zero-order valence-corrected chi connectivity index (χ0v) is 103. The topological polar surface area (TPSA) is 83.1 Å². The van der Waals surface area contributed by atoms with Crippen molar-refractivity contribution in [2.24, 2.45) is 0 Å². The minimum atomic E-state index is 0.0417. The van der Waals surface area contributed by atoms with Gasteiger partial charge in [0.1, 0.15) is 0 Å². The third-order valence-electron chi connectivity index (χ3n) is 15.7. The van der Waals surface area contributed by atoms with Crippen molar-refractivity contribution < 1.29 is 42.6 Å². The van der Waals surface area contributed by atoms with Gasteiger partial charge in [-0.05, 0) is 233 Å². The minimum absolute atomic E-state index is 0.0417. The number of hydrogen-bond donors (Lipinski definition) is 0. The van der Waals surface area contributed by atoms with Crippen LogP contribution in [-0.4, -0.2) is 188 Å². The zero-order valence-electron chi connectivity index (χ0n) is 88.5. The van der Waals surface area contributed by atoms with Crippen LogP contribution in [0.5, 0.6) is 0 Å². The van der Waals surface area contributed by atoms with Crippen molar-refractivity contribution in [1.29, 1.82) is 0 Å². The van der Waals surface area contributed by atoms with Crippen molar-refractivity contribution in [1.82, 2.24) is 0 Å². The second-order valence-electron chi connectivity index (χ2n) is 34.5. The Bertz CT molecular complexity index is 3000. The smallest absolute Gasteiger partial charge is 0.0594 e. The third-order valence-corrected chi connectivity index (χ3v) is 19.1. The molecule has 0 heterocycles. The maximum absolute atomic E-state index is 4.94. The van der Waals surface area contributed by atoms with Gasteiger partial charge in [0.05, 0.1) is 39.2 Å². The van der Waals surface area contributed by atoms with Crippen molar-refractivity contribution in [2.45, 2.75) is 274 Å². The van der Waals surface area contributed by atoms with Crippen LogP contribution in [0.1, 0.15) is 192 Å². The summed E-state index contributed by atoms with van der Waals surface area (Å²) in [4.78, 5) is 0. The van der Waals surface area contributed by atoms with E-state index in [0.717, 1.165) is 13.2 Å². The highest BCUT2D eigenvalue weighted by Crippen LogP contribution is 2.16. The van der Waals surface area contributed by atoms with E-state index in [-0.39, 0.29) is 39.2 Å². The first-order valence-corrected chi connectivity index (χ1v) is 56.9. The lowest BCUT2D eigenvalue weighted by atomic mass is 10.1. The van der Waals surface area contributed by atoms with Crippen LogP contribution < -0.4 is 0 Å². The molecule has 0 unspecified atom stereocenters. The predicted octanol–water partition coefficient (Wildman–Crippen LogP) is 24.5. The average Bonchev–Trinajstić information content (AvgIpc) is 0.895. The maximum atomic E-state index is 4.94. The Hall–Kier alpha value is -6.12. The van der Waals surface area contributed by atoms with E-state index in [4.69, 9.17) is 42.6 Å². The van der Waals surface area contributed by atoms with Crippen LogP contribution in [0.25, 0.3) is 53.9 Å². The van der Waals surface area contributed by atoms with E-state index in [0.29, 0.717) is 0 Å². The normalized spacial score (nSPS) is 10.2. The minimum Gasteiger partial charge on any atom is -0.385 e. The van der Waals surface area contributed by atoms with Crippen LogP contribution in [0, 0.1) is 0 Å². The van der Waals surface area contributed by atoms with E-state index in [1.165, 1.54) is 181 Å². The summed E-state index contributed by atoms with van der Waals surface area (Å²) in [5.74, 6) is 0. The van der Waals surface area contributed by atoms with Crippen molar-refractivity contribution >= 4 is 126 Å². The monoisotopic (exact) mass is 1840 g/mol. The highest BCUT2D eigenvalue weighted by molar-refractivity contribution is 6.09. The van der Waals surface area contributed by atoms with E-state index >= 15 is 0 Å². The molecule has 11 rings (SSSR count). The molecule has 125 heavy (non-hydrogen) atoms. The van der Waals surface area contributed by atoms with Crippen LogP contribution in [0.3, 0.4) is 0 Å². The fourth-order valence-corrected chi connectivity index (χ4v) is 7.20. The molecule has 0 atom stereocenters. The largest absolute Gasteiger partial charge is 0.385 e. The van der Waals surface area contributed by atoms with Gasteiger partial charge in [0, 0.05) is 128 Å². The molecule has 0 aromatic heterocycles. The molecule has 0 saturated carbocycles. The molecule has 9 nitrogen and oxygen atoms in total. The molecule has 0 aliphatic rings. The van der Waals surface area contributed by atoms with Gasteiger partial charge in [-0.3, -0.25) is 0 Å². The van der Waals surface area contributed by atoms with Gasteiger partial charge in [0.2, 0.25) is 0 Å². The fourth-order valence-electron chi connectivity index (χ4n) is 6.63. The van der Waals surface area contributed by atoms with E-state index in [1.807, 2.05) is 182 Å². The molecular formula is C109H194O9Si7. The number of rotatable bonds is 8. The summed E-state index contributed by atoms with van der Waals surface area (Å²) in [5, 5.41) is 13.1. The lowest BCUT2D eigenvalue weighted by Gasteiger charge is -2.14. The summed E-state index contributed by atoms with van der Waals surface area (Å²) in [6, 6.07) is 103. The van der Waals surface area contributed by atoms with Crippen LogP contribution in [0.15, 0.2) is 279 Å². The Kier molecular flexibility index (Phi) is 101. The van der Waals surface area contributed by atoms with E-state index in [9.17, 15) is 0 Å². The average molecular weight is 1850 g/mol. The van der Waals surface area contributed by atoms with E-state index in [1.54, 1.807) is 64.0 Å². The molecule has 11 aromatic rings. The van der Waals surface area contributed by atoms with Gasteiger partial charge in [0.25, 0.3) is 0 Å². The highest BCUT2D eigenvalue weighted by Gasteiger charge is 2.08. The first-order valence-electron chi connectivity index (χ1n) is 45.9. The first kappa shape index (κ1) is 137. The molecule has 0 aliphatic carbocycles. The summed E-state index contributed by atoms with van der Waals surface area (Å²) in [5.41, 5.74) is 0.292. The van der Waals surface area contributed by atoms with Gasteiger partial charge in [-0.2, -0.15) is 0 Å². The Labute approximate surface area is 793 Å². The van der Waals surface area contributed by atoms with E-state index in [2.05, 4.69) is 277 Å². The standard InChI is InChI=1S/5C10H8.C6H6.7C5H12O.2C4H12OSi.2C3H10Si.C2H8Si.2CH6Si/c5*1-2-6-10-8-4-3-7-9(10)5-1;1-2-4-6-5-3-1;7*1-5(2,3)6-4;2*1-5-3-2-4-6;2*1-2-3-4;1-2-3;2*1-2/h5*1-8H;1-6H;7*1-4H3;2*2-4H2,1,6H3;2*2-3H2,1,4H3;2H2,1,3H3;2*1-2H3. The number of hydrogen-bond acceptors (Lipinski definition) is 9. The first-order chi connectivity index (χ1) is 58.8. The summed E-state index contributed by atoms with van der Waals surface area (Å²) in [6.07, 6.45) is 5.27. The van der Waals surface area contributed by atoms with Gasteiger partial charge in [-0.15, -0.1) is 0 Å². The lowest BCUT2D eigenvalue weighted by molar-refractivity contribution is 0.0394. The molecular weight excluding hydrogens is 1650 g/mol. The van der Waals surface area contributed by atoms with Crippen LogP contribution >= 0.6 is 0 Å². The Morgan fingerprint density at radius 3 is 0.304 bits per heavy atom. The Balaban J connectivity index is -0.000000164. The third kappa shape index (κ3) is 112. The SMILES string of the molecule is CCC[SiH3].CCC[SiH3].CC[SiH3].COC(C)(C)C.COC(C)(C)C.COC(C)(C)C.COC(C)(C)C.COC(C)(C)C.COC(C)(C)C.COC(C)(C)C.COCCC[SiH3].COCCC[SiH3].C[SiH3].C[SiH3].c1ccc2ccccc2c1.c1ccc2ccccc2c1.c1ccc2ccccc2c1.c1ccc2ccccc2c1.c1ccc2ccccc2c1.c1ccccc1. The number of fused-ring (bicyclic) bond motifs is 5. The van der Waals surface area contributed by atoms with Gasteiger partial charge >= 0.3 is 0 Å². The van der Waals surface area contributed by atoms with Gasteiger partial charge in [-0.25, -0.2) is 0 Å². The van der Waals surface area contributed by atoms with Gasteiger partial charge < -0.3 is 42.6 Å². The quantitative estimate of drug-likeness (QED) is 0.109. The van der Waals surface area contributed by atoms with Crippen LogP contribution in [0.4, 0.5) is 0 Å². The molecule has 712 valence electrons. The second kappa shape index (κ2) is 92.6. The summed E-state index contributed by atoms with van der Waals surface area (Å²) in [6.45, 7) is 55.2. The summed E-state index contributed by atoms with van der Waals surface area (Å²) in [7, 11) is 24.9. The molecule has 16 heteroatoms. The fraction of sp³-hybridized carbons (Fsp3) is 0.486. The second-order valence-corrected chi connectivity index (χ2v) is 39.9. The molecule has 11 aromatic carbocycles. The van der Waals surface area contributed by atoms with Gasteiger partial charge in [0.15, 0.2) is 0 Å². The molecule has 0 spiro atoms. The number of ether oxygens (including phenoxy) is 9. The molecule has 0 aliphatic heterocycles. The van der Waals surface area contributed by atoms with Crippen molar-refractivity contribution in [3.05, 3.63) is 279 Å². The van der Waals surface area contributed by atoms with Crippen molar-refractivity contribution in [3.8, 4) is 0 Å².